The molecule has 0 heterocycles. The number of hydrogen-bond donors (Lipinski definition) is 2. The van der Waals surface area contributed by atoms with Crippen LogP contribution in [0.4, 0.5) is 5.69 Å². The van der Waals surface area contributed by atoms with Crippen molar-refractivity contribution in [1.82, 2.24) is 5.32 Å². The fraction of sp³-hybridized carbons (Fsp3) is 0.300. The summed E-state index contributed by atoms with van der Waals surface area (Å²) in [6, 6.07) is 11.9. The number of benzene rings is 2. The van der Waals surface area contributed by atoms with Gasteiger partial charge in [0.25, 0.3) is 5.91 Å². The van der Waals surface area contributed by atoms with E-state index in [4.69, 9.17) is 27.9 Å². The standard InChI is InChI=1S/C20H22Cl2N2O3/c1-13(2)23-20(26)15-6-3-4-7-17(15)24-19(25)8-5-11-27-18-10-9-14(21)12-16(18)22/h3-4,6-7,9-10,12-13H,5,8,11H2,1-2H3,(H,23,26)(H,24,25). The fourth-order valence-corrected chi connectivity index (χ4v) is 2.81. The van der Waals surface area contributed by atoms with Crippen LogP contribution in [-0.4, -0.2) is 24.5 Å². The Morgan fingerprint density at radius 2 is 1.85 bits per heavy atom. The van der Waals surface area contributed by atoms with E-state index in [9.17, 15) is 9.59 Å². The molecule has 0 aromatic heterocycles. The first-order valence-electron chi connectivity index (χ1n) is 8.64. The van der Waals surface area contributed by atoms with Crippen molar-refractivity contribution in [2.75, 3.05) is 11.9 Å². The number of hydrogen-bond acceptors (Lipinski definition) is 3. The minimum Gasteiger partial charge on any atom is -0.492 e. The van der Waals surface area contributed by atoms with Crippen LogP contribution in [0, 0.1) is 0 Å². The molecular formula is C20H22Cl2N2O3. The molecule has 2 aromatic rings. The Kier molecular flexibility index (Phi) is 7.95. The maximum Gasteiger partial charge on any atom is 0.253 e. The molecule has 2 amide bonds. The Morgan fingerprint density at radius 1 is 1.11 bits per heavy atom. The van der Waals surface area contributed by atoms with E-state index in [1.807, 2.05) is 13.8 Å². The van der Waals surface area contributed by atoms with Crippen LogP contribution in [0.2, 0.25) is 10.0 Å². The van der Waals surface area contributed by atoms with Crippen molar-refractivity contribution in [2.24, 2.45) is 0 Å². The van der Waals surface area contributed by atoms with Crippen molar-refractivity contribution in [3.63, 3.8) is 0 Å². The van der Waals surface area contributed by atoms with E-state index in [1.165, 1.54) is 0 Å². The third-order valence-electron chi connectivity index (χ3n) is 3.57. The van der Waals surface area contributed by atoms with Gasteiger partial charge in [-0.1, -0.05) is 35.3 Å². The summed E-state index contributed by atoms with van der Waals surface area (Å²) in [6.07, 6.45) is 0.760. The minimum absolute atomic E-state index is 0.0121. The molecule has 0 bridgehead atoms. The Hall–Kier alpha value is -2.24. The third-order valence-corrected chi connectivity index (χ3v) is 4.10. The average Bonchev–Trinajstić information content (AvgIpc) is 2.60. The monoisotopic (exact) mass is 408 g/mol. The predicted octanol–water partition coefficient (Wildman–Crippen LogP) is 4.93. The highest BCUT2D eigenvalue weighted by Gasteiger charge is 2.13. The second-order valence-corrected chi connectivity index (χ2v) is 7.09. The zero-order valence-electron chi connectivity index (χ0n) is 15.2. The first-order chi connectivity index (χ1) is 12.9. The smallest absolute Gasteiger partial charge is 0.253 e. The maximum absolute atomic E-state index is 12.2. The quantitative estimate of drug-likeness (QED) is 0.608. The molecule has 2 N–H and O–H groups in total. The van der Waals surface area contributed by atoms with Gasteiger partial charge in [-0.15, -0.1) is 0 Å². The molecule has 7 heteroatoms. The molecule has 5 nitrogen and oxygen atoms in total. The second-order valence-electron chi connectivity index (χ2n) is 6.25. The van der Waals surface area contributed by atoms with Gasteiger partial charge in [0.15, 0.2) is 0 Å². The van der Waals surface area contributed by atoms with Gasteiger partial charge in [-0.25, -0.2) is 0 Å². The SMILES string of the molecule is CC(C)NC(=O)c1ccccc1NC(=O)CCCOc1ccc(Cl)cc1Cl. The lowest BCUT2D eigenvalue weighted by atomic mass is 10.1. The van der Waals surface area contributed by atoms with Crippen LogP contribution in [0.1, 0.15) is 37.0 Å². The van der Waals surface area contributed by atoms with Crippen molar-refractivity contribution in [3.8, 4) is 5.75 Å². The molecule has 144 valence electrons. The van der Waals surface area contributed by atoms with Crippen LogP contribution in [0.5, 0.6) is 5.75 Å². The van der Waals surface area contributed by atoms with Gasteiger partial charge in [-0.3, -0.25) is 9.59 Å². The van der Waals surface area contributed by atoms with Gasteiger partial charge >= 0.3 is 0 Å². The summed E-state index contributed by atoms with van der Waals surface area (Å²) in [5.41, 5.74) is 0.922. The molecule has 0 saturated carbocycles. The molecule has 2 aromatic carbocycles. The second kappa shape index (κ2) is 10.2. The van der Waals surface area contributed by atoms with Crippen molar-refractivity contribution in [1.29, 1.82) is 0 Å². The van der Waals surface area contributed by atoms with E-state index in [0.717, 1.165) is 0 Å². The van der Waals surface area contributed by atoms with Crippen LogP contribution in [-0.2, 0) is 4.79 Å². The number of rotatable bonds is 8. The van der Waals surface area contributed by atoms with Crippen molar-refractivity contribution in [2.45, 2.75) is 32.7 Å². The van der Waals surface area contributed by atoms with Crippen LogP contribution in [0.15, 0.2) is 42.5 Å². The molecule has 0 saturated heterocycles. The van der Waals surface area contributed by atoms with Crippen LogP contribution < -0.4 is 15.4 Å². The number of amides is 2. The van der Waals surface area contributed by atoms with E-state index in [0.29, 0.717) is 40.1 Å². The number of carbonyl (C=O) groups excluding carboxylic acids is 2. The van der Waals surface area contributed by atoms with E-state index >= 15 is 0 Å². The van der Waals surface area contributed by atoms with Crippen molar-refractivity contribution >= 4 is 40.7 Å². The number of nitrogens with one attached hydrogen (secondary N) is 2. The topological polar surface area (TPSA) is 67.4 Å². The number of halogens is 2. The first kappa shape index (κ1) is 21.1. The Bertz CT molecular complexity index is 810. The van der Waals surface area contributed by atoms with Crippen LogP contribution in [0.3, 0.4) is 0 Å². The largest absolute Gasteiger partial charge is 0.492 e. The molecule has 0 atom stereocenters. The average molecular weight is 409 g/mol. The number of carbonyl (C=O) groups is 2. The molecule has 0 radical (unpaired) electrons. The lowest BCUT2D eigenvalue weighted by Gasteiger charge is -2.13. The van der Waals surface area contributed by atoms with Gasteiger partial charge in [-0.05, 0) is 50.6 Å². The van der Waals surface area contributed by atoms with Gasteiger partial charge in [-0.2, -0.15) is 0 Å². The zero-order chi connectivity index (χ0) is 19.8. The van der Waals surface area contributed by atoms with Gasteiger partial charge in [0.05, 0.1) is 22.9 Å². The molecule has 0 aliphatic carbocycles. The molecule has 0 aliphatic heterocycles. The van der Waals surface area contributed by atoms with Crippen molar-refractivity contribution in [3.05, 3.63) is 58.1 Å². The summed E-state index contributed by atoms with van der Waals surface area (Å²) in [6.45, 7) is 4.10. The molecule has 2 rings (SSSR count). The summed E-state index contributed by atoms with van der Waals surface area (Å²) in [7, 11) is 0. The van der Waals surface area contributed by atoms with E-state index in [-0.39, 0.29) is 24.3 Å². The van der Waals surface area contributed by atoms with Gasteiger partial charge in [0.1, 0.15) is 5.75 Å². The highest BCUT2D eigenvalue weighted by molar-refractivity contribution is 6.35. The Morgan fingerprint density at radius 3 is 2.56 bits per heavy atom. The highest BCUT2D eigenvalue weighted by Crippen LogP contribution is 2.27. The first-order valence-corrected chi connectivity index (χ1v) is 9.40. The van der Waals surface area contributed by atoms with Crippen LogP contribution in [0.25, 0.3) is 0 Å². The van der Waals surface area contributed by atoms with E-state index in [2.05, 4.69) is 10.6 Å². The molecule has 0 fully saturated rings. The summed E-state index contributed by atoms with van der Waals surface area (Å²) in [5, 5.41) is 6.57. The molecule has 0 unspecified atom stereocenters. The molecule has 27 heavy (non-hydrogen) atoms. The predicted molar refractivity (Wildman–Crippen MR) is 109 cm³/mol. The minimum atomic E-state index is -0.221. The molecular weight excluding hydrogens is 387 g/mol. The highest BCUT2D eigenvalue weighted by atomic mass is 35.5. The van der Waals surface area contributed by atoms with E-state index in [1.54, 1.807) is 42.5 Å². The Balaban J connectivity index is 1.85. The normalized spacial score (nSPS) is 10.6. The summed E-state index contributed by atoms with van der Waals surface area (Å²) in [4.78, 5) is 24.4. The Labute approximate surface area is 169 Å². The van der Waals surface area contributed by atoms with Gasteiger partial charge in [0, 0.05) is 17.5 Å². The lowest BCUT2D eigenvalue weighted by molar-refractivity contribution is -0.116. The fourth-order valence-electron chi connectivity index (χ4n) is 2.35. The maximum atomic E-state index is 12.2. The number of anilines is 1. The summed E-state index contributed by atoms with van der Waals surface area (Å²) in [5.74, 6) is 0.115. The lowest BCUT2D eigenvalue weighted by Crippen LogP contribution is -2.31. The number of ether oxygens (including phenoxy) is 1. The number of para-hydroxylation sites is 1. The van der Waals surface area contributed by atoms with E-state index < -0.39 is 0 Å². The zero-order valence-corrected chi connectivity index (χ0v) is 16.7. The van der Waals surface area contributed by atoms with Crippen molar-refractivity contribution < 1.29 is 14.3 Å². The van der Waals surface area contributed by atoms with Gasteiger partial charge in [0.2, 0.25) is 5.91 Å². The summed E-state index contributed by atoms with van der Waals surface area (Å²) < 4.78 is 5.56. The molecule has 0 spiro atoms. The third kappa shape index (κ3) is 6.77. The summed E-state index contributed by atoms with van der Waals surface area (Å²) >= 11 is 11.9. The van der Waals surface area contributed by atoms with Gasteiger partial charge < -0.3 is 15.4 Å². The molecule has 0 aliphatic rings. The van der Waals surface area contributed by atoms with Crippen LogP contribution >= 0.6 is 23.2 Å².